The molecular weight excluding hydrogens is 233 g/mol. The maximum atomic E-state index is 13.3. The number of hydrogen-bond acceptors (Lipinski definition) is 3. The number of anilines is 1. The molecule has 3 nitrogen and oxygen atoms in total. The van der Waals surface area contributed by atoms with Gasteiger partial charge in [-0.15, -0.1) is 0 Å². The van der Waals surface area contributed by atoms with E-state index in [1.807, 2.05) is 0 Å². The number of carbonyl (C=O) groups excluding carboxylic acids is 1. The summed E-state index contributed by atoms with van der Waals surface area (Å²) in [5.74, 6) is -0.671. The predicted molar refractivity (Wildman–Crippen MR) is 67.6 cm³/mol. The summed E-state index contributed by atoms with van der Waals surface area (Å²) in [5, 5.41) is 0. The average molecular weight is 251 g/mol. The molecule has 2 N–H and O–H groups in total. The van der Waals surface area contributed by atoms with Crippen molar-refractivity contribution < 1.29 is 13.9 Å². The minimum absolute atomic E-state index is 0.0394. The van der Waals surface area contributed by atoms with E-state index in [1.54, 1.807) is 0 Å². The number of esters is 1. The van der Waals surface area contributed by atoms with Crippen LogP contribution < -0.4 is 5.73 Å². The SMILES string of the molecule is CC1CCCCC1OC(=O)c1ccc(N)c(F)c1. The van der Waals surface area contributed by atoms with Gasteiger partial charge in [0.1, 0.15) is 11.9 Å². The summed E-state index contributed by atoms with van der Waals surface area (Å²) in [4.78, 5) is 11.9. The number of carbonyl (C=O) groups is 1. The standard InChI is InChI=1S/C14H18FNO2/c1-9-4-2-3-5-13(9)18-14(17)10-6-7-12(16)11(15)8-10/h6-9,13H,2-5,16H2,1H3. The Hall–Kier alpha value is -1.58. The van der Waals surface area contributed by atoms with E-state index >= 15 is 0 Å². The molecule has 0 heterocycles. The van der Waals surface area contributed by atoms with Crippen molar-refractivity contribution >= 4 is 11.7 Å². The average Bonchev–Trinajstić information content (AvgIpc) is 2.35. The predicted octanol–water partition coefficient (Wildman–Crippen LogP) is 3.14. The molecule has 2 rings (SSSR count). The lowest BCUT2D eigenvalue weighted by Gasteiger charge is -2.28. The van der Waals surface area contributed by atoms with E-state index in [9.17, 15) is 9.18 Å². The molecule has 0 aromatic heterocycles. The maximum absolute atomic E-state index is 13.3. The van der Waals surface area contributed by atoms with Crippen LogP contribution in [0.2, 0.25) is 0 Å². The van der Waals surface area contributed by atoms with Gasteiger partial charge in [0.25, 0.3) is 0 Å². The molecule has 0 saturated heterocycles. The monoisotopic (exact) mass is 251 g/mol. The van der Waals surface area contributed by atoms with Gasteiger partial charge in [0.2, 0.25) is 0 Å². The molecule has 4 heteroatoms. The lowest BCUT2D eigenvalue weighted by molar-refractivity contribution is 0.00477. The quantitative estimate of drug-likeness (QED) is 0.649. The second-order valence-electron chi connectivity index (χ2n) is 4.94. The van der Waals surface area contributed by atoms with E-state index in [2.05, 4.69) is 6.92 Å². The van der Waals surface area contributed by atoms with Gasteiger partial charge >= 0.3 is 5.97 Å². The number of halogens is 1. The summed E-state index contributed by atoms with van der Waals surface area (Å²) < 4.78 is 18.7. The van der Waals surface area contributed by atoms with Crippen molar-refractivity contribution in [2.45, 2.75) is 38.7 Å². The van der Waals surface area contributed by atoms with Gasteiger partial charge in [-0.3, -0.25) is 0 Å². The number of ether oxygens (including phenoxy) is 1. The van der Waals surface area contributed by atoms with Crippen LogP contribution in [0.3, 0.4) is 0 Å². The molecule has 1 aliphatic rings. The molecule has 98 valence electrons. The first kappa shape index (κ1) is 12.9. The topological polar surface area (TPSA) is 52.3 Å². The fraction of sp³-hybridized carbons (Fsp3) is 0.500. The highest BCUT2D eigenvalue weighted by Crippen LogP contribution is 2.27. The van der Waals surface area contributed by atoms with Gasteiger partial charge in [0.15, 0.2) is 0 Å². The smallest absolute Gasteiger partial charge is 0.338 e. The van der Waals surface area contributed by atoms with Crippen molar-refractivity contribution in [3.63, 3.8) is 0 Å². The Balaban J connectivity index is 2.04. The molecular formula is C14H18FNO2. The molecule has 1 saturated carbocycles. The lowest BCUT2D eigenvalue weighted by Crippen LogP contribution is -2.28. The molecule has 1 fully saturated rings. The third-order valence-corrected chi connectivity index (χ3v) is 3.53. The number of hydrogen-bond donors (Lipinski definition) is 1. The van der Waals surface area contributed by atoms with Crippen LogP contribution in [0.5, 0.6) is 0 Å². The first-order chi connectivity index (χ1) is 8.58. The summed E-state index contributed by atoms with van der Waals surface area (Å²) in [5.41, 5.74) is 5.63. The maximum Gasteiger partial charge on any atom is 0.338 e. The molecule has 1 aromatic carbocycles. The van der Waals surface area contributed by atoms with E-state index in [0.29, 0.717) is 5.92 Å². The highest BCUT2D eigenvalue weighted by molar-refractivity contribution is 5.90. The molecule has 0 amide bonds. The molecule has 18 heavy (non-hydrogen) atoms. The normalized spacial score (nSPS) is 23.7. The van der Waals surface area contributed by atoms with Crippen molar-refractivity contribution in [2.24, 2.45) is 5.92 Å². The van der Waals surface area contributed by atoms with Gasteiger partial charge in [-0.25, -0.2) is 9.18 Å². The molecule has 2 atom stereocenters. The van der Waals surface area contributed by atoms with Crippen LogP contribution in [0.25, 0.3) is 0 Å². The van der Waals surface area contributed by atoms with Crippen LogP contribution >= 0.6 is 0 Å². The Morgan fingerprint density at radius 2 is 2.11 bits per heavy atom. The lowest BCUT2D eigenvalue weighted by atomic mass is 9.88. The van der Waals surface area contributed by atoms with Crippen LogP contribution in [0.15, 0.2) is 18.2 Å². The van der Waals surface area contributed by atoms with Crippen molar-refractivity contribution in [1.82, 2.24) is 0 Å². The zero-order chi connectivity index (χ0) is 13.1. The van der Waals surface area contributed by atoms with Gasteiger partial charge in [0.05, 0.1) is 11.3 Å². The van der Waals surface area contributed by atoms with Crippen molar-refractivity contribution in [3.05, 3.63) is 29.6 Å². The molecule has 2 unspecified atom stereocenters. The molecule has 0 aliphatic heterocycles. The highest BCUT2D eigenvalue weighted by atomic mass is 19.1. The summed E-state index contributed by atoms with van der Waals surface area (Å²) in [6.45, 7) is 2.08. The van der Waals surface area contributed by atoms with E-state index in [-0.39, 0.29) is 17.4 Å². The summed E-state index contributed by atoms with van der Waals surface area (Å²) in [6.07, 6.45) is 4.19. The van der Waals surface area contributed by atoms with Gasteiger partial charge in [-0.1, -0.05) is 13.3 Å². The number of nitrogens with two attached hydrogens (primary N) is 1. The van der Waals surface area contributed by atoms with Crippen LogP contribution in [-0.2, 0) is 4.74 Å². The number of rotatable bonds is 2. The number of nitrogen functional groups attached to an aromatic ring is 1. The van der Waals surface area contributed by atoms with Gasteiger partial charge < -0.3 is 10.5 Å². The largest absolute Gasteiger partial charge is 0.458 e. The van der Waals surface area contributed by atoms with Crippen molar-refractivity contribution in [2.75, 3.05) is 5.73 Å². The van der Waals surface area contributed by atoms with Gasteiger partial charge in [-0.05, 0) is 43.4 Å². The Morgan fingerprint density at radius 3 is 2.78 bits per heavy atom. The van der Waals surface area contributed by atoms with Gasteiger partial charge in [0, 0.05) is 0 Å². The second-order valence-corrected chi connectivity index (χ2v) is 4.94. The van der Waals surface area contributed by atoms with E-state index in [1.165, 1.54) is 18.6 Å². The minimum atomic E-state index is -0.582. The van der Waals surface area contributed by atoms with Crippen molar-refractivity contribution in [3.8, 4) is 0 Å². The molecule has 0 bridgehead atoms. The van der Waals surface area contributed by atoms with E-state index < -0.39 is 11.8 Å². The first-order valence-corrected chi connectivity index (χ1v) is 6.34. The Kier molecular flexibility index (Phi) is 3.84. The third-order valence-electron chi connectivity index (χ3n) is 3.53. The third kappa shape index (κ3) is 2.81. The van der Waals surface area contributed by atoms with Crippen LogP contribution in [0.1, 0.15) is 43.0 Å². The Bertz CT molecular complexity index is 447. The zero-order valence-corrected chi connectivity index (χ0v) is 10.5. The Morgan fingerprint density at radius 1 is 1.39 bits per heavy atom. The van der Waals surface area contributed by atoms with E-state index in [0.717, 1.165) is 25.3 Å². The van der Waals surface area contributed by atoms with E-state index in [4.69, 9.17) is 10.5 Å². The minimum Gasteiger partial charge on any atom is -0.458 e. The summed E-state index contributed by atoms with van der Waals surface area (Å²) in [6, 6.07) is 4.01. The number of benzene rings is 1. The molecule has 1 aromatic rings. The summed E-state index contributed by atoms with van der Waals surface area (Å²) >= 11 is 0. The van der Waals surface area contributed by atoms with Gasteiger partial charge in [-0.2, -0.15) is 0 Å². The molecule has 1 aliphatic carbocycles. The fourth-order valence-corrected chi connectivity index (χ4v) is 2.32. The second kappa shape index (κ2) is 5.38. The highest BCUT2D eigenvalue weighted by Gasteiger charge is 2.25. The van der Waals surface area contributed by atoms with Crippen LogP contribution in [-0.4, -0.2) is 12.1 Å². The van der Waals surface area contributed by atoms with Crippen molar-refractivity contribution in [1.29, 1.82) is 0 Å². The fourth-order valence-electron chi connectivity index (χ4n) is 2.32. The first-order valence-electron chi connectivity index (χ1n) is 6.34. The van der Waals surface area contributed by atoms with Crippen LogP contribution in [0.4, 0.5) is 10.1 Å². The molecule has 0 spiro atoms. The Labute approximate surface area is 106 Å². The molecule has 0 radical (unpaired) electrons. The van der Waals surface area contributed by atoms with Crippen LogP contribution in [0, 0.1) is 11.7 Å². The zero-order valence-electron chi connectivity index (χ0n) is 10.5. The summed E-state index contributed by atoms with van der Waals surface area (Å²) in [7, 11) is 0.